The van der Waals surface area contributed by atoms with E-state index < -0.39 is 0 Å². The molecule has 0 aliphatic heterocycles. The minimum absolute atomic E-state index is 0.292. The Bertz CT molecular complexity index is 427. The summed E-state index contributed by atoms with van der Waals surface area (Å²) < 4.78 is 5.85. The van der Waals surface area contributed by atoms with Crippen LogP contribution < -0.4 is 4.74 Å². The monoisotopic (exact) mass is 390 g/mol. The molecule has 1 rings (SSSR count). The number of hydrogen-bond acceptors (Lipinski definition) is 2. The highest BCUT2D eigenvalue weighted by molar-refractivity contribution is 5.27. The number of ether oxygens (including phenoxy) is 1. The smallest absolute Gasteiger partial charge is 0.119 e. The van der Waals surface area contributed by atoms with Crippen molar-refractivity contribution in [1.82, 2.24) is 0 Å². The predicted molar refractivity (Wildman–Crippen MR) is 122 cm³/mol. The summed E-state index contributed by atoms with van der Waals surface area (Å²) in [5.74, 6) is 0.987. The summed E-state index contributed by atoms with van der Waals surface area (Å²) >= 11 is 0. The predicted octanol–water partition coefficient (Wildman–Crippen LogP) is 7.86. The van der Waals surface area contributed by atoms with Gasteiger partial charge in [0, 0.05) is 6.61 Å². The van der Waals surface area contributed by atoms with Gasteiger partial charge < -0.3 is 9.84 Å². The summed E-state index contributed by atoms with van der Waals surface area (Å²) in [5.41, 5.74) is 1.33. The Kier molecular flexibility index (Phi) is 17.2. The fourth-order valence-corrected chi connectivity index (χ4v) is 3.68. The van der Waals surface area contributed by atoms with Gasteiger partial charge in [0.2, 0.25) is 0 Å². The van der Waals surface area contributed by atoms with E-state index in [9.17, 15) is 0 Å². The van der Waals surface area contributed by atoms with Gasteiger partial charge in [0.15, 0.2) is 0 Å². The molecular weight excluding hydrogens is 344 g/mol. The van der Waals surface area contributed by atoms with Crippen LogP contribution in [0.25, 0.3) is 0 Å². The van der Waals surface area contributed by atoms with Gasteiger partial charge in [0.25, 0.3) is 0 Å². The maximum atomic E-state index is 8.83. The van der Waals surface area contributed by atoms with Gasteiger partial charge in [-0.1, -0.05) is 103 Å². The summed E-state index contributed by atoms with van der Waals surface area (Å²) in [4.78, 5) is 0. The van der Waals surface area contributed by atoms with E-state index in [0.717, 1.165) is 38.0 Å². The first kappa shape index (κ1) is 25.0. The molecule has 0 aromatic heterocycles. The first-order valence-corrected chi connectivity index (χ1v) is 12.2. The third kappa shape index (κ3) is 15.0. The first-order valence-electron chi connectivity index (χ1n) is 12.2. The van der Waals surface area contributed by atoms with E-state index in [0.29, 0.717) is 6.61 Å². The van der Waals surface area contributed by atoms with E-state index >= 15 is 0 Å². The van der Waals surface area contributed by atoms with Gasteiger partial charge in [0.05, 0.1) is 6.61 Å². The molecule has 2 heteroatoms. The van der Waals surface area contributed by atoms with E-state index in [2.05, 4.69) is 31.2 Å². The van der Waals surface area contributed by atoms with Gasteiger partial charge in [0.1, 0.15) is 5.75 Å². The van der Waals surface area contributed by atoms with Gasteiger partial charge in [-0.25, -0.2) is 0 Å². The Hall–Kier alpha value is -1.02. The second-order valence-electron chi connectivity index (χ2n) is 8.27. The molecule has 0 heterocycles. The second kappa shape index (κ2) is 19.3. The zero-order chi connectivity index (χ0) is 20.1. The van der Waals surface area contributed by atoms with E-state index in [1.165, 1.54) is 89.0 Å². The van der Waals surface area contributed by atoms with Crippen molar-refractivity contribution >= 4 is 0 Å². The molecule has 0 amide bonds. The average molecular weight is 391 g/mol. The number of aliphatic hydroxyl groups excluding tert-OH is 1. The van der Waals surface area contributed by atoms with Crippen molar-refractivity contribution in [3.8, 4) is 5.75 Å². The Balaban J connectivity index is 1.84. The number of rotatable bonds is 20. The van der Waals surface area contributed by atoms with Crippen molar-refractivity contribution in [1.29, 1.82) is 0 Å². The van der Waals surface area contributed by atoms with E-state index in [1.54, 1.807) is 0 Å². The third-order valence-electron chi connectivity index (χ3n) is 5.56. The highest BCUT2D eigenvalue weighted by Crippen LogP contribution is 2.16. The average Bonchev–Trinajstić information content (AvgIpc) is 2.72. The van der Waals surface area contributed by atoms with Crippen LogP contribution in [0.15, 0.2) is 24.3 Å². The van der Waals surface area contributed by atoms with Gasteiger partial charge in [-0.2, -0.15) is 0 Å². The fourth-order valence-electron chi connectivity index (χ4n) is 3.68. The third-order valence-corrected chi connectivity index (χ3v) is 5.56. The van der Waals surface area contributed by atoms with Crippen LogP contribution in [0.2, 0.25) is 0 Å². The van der Waals surface area contributed by atoms with Crippen LogP contribution in [0.5, 0.6) is 5.75 Å². The molecule has 28 heavy (non-hydrogen) atoms. The number of benzene rings is 1. The van der Waals surface area contributed by atoms with Gasteiger partial charge in [-0.05, 0) is 43.4 Å². The molecule has 0 radical (unpaired) electrons. The number of aliphatic hydroxyl groups is 1. The SMILES string of the molecule is CCCCCCCCCCCCCCCCOc1ccc(CCCCO)cc1. The molecule has 162 valence electrons. The van der Waals surface area contributed by atoms with Crippen molar-refractivity contribution in [3.05, 3.63) is 29.8 Å². The molecule has 1 aromatic rings. The zero-order valence-electron chi connectivity index (χ0n) is 18.6. The van der Waals surface area contributed by atoms with Crippen LogP contribution in [0, 0.1) is 0 Å². The maximum Gasteiger partial charge on any atom is 0.119 e. The van der Waals surface area contributed by atoms with Crippen molar-refractivity contribution in [2.24, 2.45) is 0 Å². The van der Waals surface area contributed by atoms with Crippen molar-refractivity contribution < 1.29 is 9.84 Å². The molecule has 0 aliphatic rings. The van der Waals surface area contributed by atoms with Crippen molar-refractivity contribution in [2.45, 2.75) is 116 Å². The second-order valence-corrected chi connectivity index (χ2v) is 8.27. The van der Waals surface area contributed by atoms with Crippen LogP contribution in [0.3, 0.4) is 0 Å². The highest BCUT2D eigenvalue weighted by Gasteiger charge is 1.98. The van der Waals surface area contributed by atoms with Crippen molar-refractivity contribution in [3.63, 3.8) is 0 Å². The molecule has 0 saturated heterocycles. The van der Waals surface area contributed by atoms with E-state index in [-0.39, 0.29) is 0 Å². The van der Waals surface area contributed by atoms with Crippen LogP contribution >= 0.6 is 0 Å². The largest absolute Gasteiger partial charge is 0.494 e. The van der Waals surface area contributed by atoms with Crippen LogP contribution in [-0.2, 0) is 6.42 Å². The van der Waals surface area contributed by atoms with Gasteiger partial charge >= 0.3 is 0 Å². The summed E-state index contributed by atoms with van der Waals surface area (Å²) in [6, 6.07) is 8.46. The minimum Gasteiger partial charge on any atom is -0.494 e. The molecule has 0 atom stereocenters. The minimum atomic E-state index is 0.292. The molecule has 2 nitrogen and oxygen atoms in total. The lowest BCUT2D eigenvalue weighted by molar-refractivity contribution is 0.284. The molecule has 0 bridgehead atoms. The fraction of sp³-hybridized carbons (Fsp3) is 0.769. The summed E-state index contributed by atoms with van der Waals surface area (Å²) in [6.07, 6.45) is 22.5. The number of aryl methyl sites for hydroxylation is 1. The quantitative estimate of drug-likeness (QED) is 0.230. The molecule has 0 aliphatic carbocycles. The normalized spacial score (nSPS) is 11.1. The molecule has 1 N–H and O–H groups in total. The summed E-state index contributed by atoms with van der Waals surface area (Å²) in [6.45, 7) is 3.41. The Morgan fingerprint density at radius 3 is 1.61 bits per heavy atom. The Morgan fingerprint density at radius 1 is 0.607 bits per heavy atom. The Labute approximate surface area is 175 Å². The summed E-state index contributed by atoms with van der Waals surface area (Å²) in [7, 11) is 0. The van der Waals surface area contributed by atoms with Crippen molar-refractivity contribution in [2.75, 3.05) is 13.2 Å². The zero-order valence-corrected chi connectivity index (χ0v) is 18.6. The number of hydrogen-bond donors (Lipinski definition) is 1. The lowest BCUT2D eigenvalue weighted by Crippen LogP contribution is -1.97. The molecule has 0 saturated carbocycles. The van der Waals surface area contributed by atoms with E-state index in [4.69, 9.17) is 9.84 Å². The highest BCUT2D eigenvalue weighted by atomic mass is 16.5. The summed E-state index contributed by atoms with van der Waals surface area (Å²) in [5, 5.41) is 8.83. The van der Waals surface area contributed by atoms with Gasteiger partial charge in [-0.15, -0.1) is 0 Å². The first-order chi connectivity index (χ1) is 13.9. The number of unbranched alkanes of at least 4 members (excludes halogenated alkanes) is 14. The molecule has 0 spiro atoms. The standard InChI is InChI=1S/C26H46O2/c1-2-3-4-5-6-7-8-9-10-11-12-13-14-17-24-28-26-21-19-25(20-22-26)18-15-16-23-27/h19-22,27H,2-18,23-24H2,1H3. The maximum absolute atomic E-state index is 8.83. The molecule has 0 fully saturated rings. The van der Waals surface area contributed by atoms with Crippen LogP contribution in [0.1, 0.15) is 115 Å². The molecule has 0 unspecified atom stereocenters. The molecule has 1 aromatic carbocycles. The Morgan fingerprint density at radius 2 is 1.11 bits per heavy atom. The van der Waals surface area contributed by atoms with E-state index in [1.807, 2.05) is 0 Å². The van der Waals surface area contributed by atoms with Crippen LogP contribution in [-0.4, -0.2) is 18.3 Å². The lowest BCUT2D eigenvalue weighted by Gasteiger charge is -2.07. The topological polar surface area (TPSA) is 29.5 Å². The van der Waals surface area contributed by atoms with Gasteiger partial charge in [-0.3, -0.25) is 0 Å². The lowest BCUT2D eigenvalue weighted by atomic mass is 10.0. The van der Waals surface area contributed by atoms with Crippen LogP contribution in [0.4, 0.5) is 0 Å². The molecular formula is C26H46O2.